The van der Waals surface area contributed by atoms with E-state index in [2.05, 4.69) is 13.8 Å². The normalized spacial score (nSPS) is 17.1. The van der Waals surface area contributed by atoms with Gasteiger partial charge >= 0.3 is 5.97 Å². The van der Waals surface area contributed by atoms with Crippen molar-refractivity contribution in [3.8, 4) is 5.75 Å². The number of carbonyl (C=O) groups is 1. The van der Waals surface area contributed by atoms with Gasteiger partial charge in [0, 0.05) is 0 Å². The SMILES string of the molecule is COC1=CC(=O)ON(C(/C=C/c2ccc(OC)cc2)C(C)C)C1. The van der Waals surface area contributed by atoms with Crippen LogP contribution in [-0.4, -0.2) is 37.8 Å². The van der Waals surface area contributed by atoms with Crippen LogP contribution in [0.25, 0.3) is 6.08 Å². The van der Waals surface area contributed by atoms with Gasteiger partial charge in [0.05, 0.1) is 32.9 Å². The molecule has 23 heavy (non-hydrogen) atoms. The average Bonchev–Trinajstić information content (AvgIpc) is 2.54. The third-order valence-corrected chi connectivity index (χ3v) is 3.68. The molecule has 124 valence electrons. The van der Waals surface area contributed by atoms with Gasteiger partial charge in [-0.3, -0.25) is 0 Å². The van der Waals surface area contributed by atoms with E-state index in [1.54, 1.807) is 19.3 Å². The van der Waals surface area contributed by atoms with E-state index < -0.39 is 5.97 Å². The number of carbonyl (C=O) groups excluding carboxylic acids is 1. The molecule has 0 aliphatic carbocycles. The van der Waals surface area contributed by atoms with Crippen LogP contribution >= 0.6 is 0 Å². The first-order valence-corrected chi connectivity index (χ1v) is 7.59. The Kier molecular flexibility index (Phi) is 5.82. The summed E-state index contributed by atoms with van der Waals surface area (Å²) in [6.07, 6.45) is 5.43. The van der Waals surface area contributed by atoms with Gasteiger partial charge in [-0.25, -0.2) is 4.79 Å². The Morgan fingerprint density at radius 2 is 1.87 bits per heavy atom. The predicted molar refractivity (Wildman–Crippen MR) is 88.5 cm³/mol. The summed E-state index contributed by atoms with van der Waals surface area (Å²) in [5.74, 6) is 1.29. The van der Waals surface area contributed by atoms with Crippen LogP contribution in [0, 0.1) is 5.92 Å². The van der Waals surface area contributed by atoms with Crippen molar-refractivity contribution in [3.05, 3.63) is 47.7 Å². The lowest BCUT2D eigenvalue weighted by Crippen LogP contribution is -2.42. The first-order valence-electron chi connectivity index (χ1n) is 7.59. The third kappa shape index (κ3) is 4.60. The molecule has 0 saturated carbocycles. The van der Waals surface area contributed by atoms with Gasteiger partial charge in [-0.1, -0.05) is 38.1 Å². The molecule has 1 unspecified atom stereocenters. The van der Waals surface area contributed by atoms with Crippen molar-refractivity contribution in [1.82, 2.24) is 5.06 Å². The van der Waals surface area contributed by atoms with Crippen LogP contribution in [0.1, 0.15) is 19.4 Å². The highest BCUT2D eigenvalue weighted by atomic mass is 16.7. The fourth-order valence-corrected chi connectivity index (χ4v) is 2.37. The van der Waals surface area contributed by atoms with Gasteiger partial charge in [0.15, 0.2) is 0 Å². The topological polar surface area (TPSA) is 48.0 Å². The molecular weight excluding hydrogens is 294 g/mol. The van der Waals surface area contributed by atoms with Gasteiger partial charge in [0.25, 0.3) is 0 Å². The van der Waals surface area contributed by atoms with Crippen LogP contribution < -0.4 is 4.74 Å². The highest BCUT2D eigenvalue weighted by Gasteiger charge is 2.28. The Hall–Kier alpha value is -2.27. The summed E-state index contributed by atoms with van der Waals surface area (Å²) in [5, 5.41) is 1.66. The number of hydrogen-bond donors (Lipinski definition) is 0. The molecule has 0 amide bonds. The Morgan fingerprint density at radius 3 is 2.43 bits per heavy atom. The summed E-state index contributed by atoms with van der Waals surface area (Å²) in [5.41, 5.74) is 1.06. The molecule has 5 nitrogen and oxygen atoms in total. The number of hydrogen-bond acceptors (Lipinski definition) is 5. The lowest BCUT2D eigenvalue weighted by atomic mass is 10.0. The van der Waals surface area contributed by atoms with Crippen molar-refractivity contribution in [3.63, 3.8) is 0 Å². The Morgan fingerprint density at radius 1 is 1.17 bits per heavy atom. The average molecular weight is 317 g/mol. The van der Waals surface area contributed by atoms with Crippen LogP contribution in [0.4, 0.5) is 0 Å². The second kappa shape index (κ2) is 7.83. The molecule has 5 heteroatoms. The second-order valence-electron chi connectivity index (χ2n) is 5.67. The monoisotopic (exact) mass is 317 g/mol. The number of benzene rings is 1. The van der Waals surface area contributed by atoms with Gasteiger partial charge in [0.1, 0.15) is 11.5 Å². The van der Waals surface area contributed by atoms with Crippen molar-refractivity contribution in [2.75, 3.05) is 20.8 Å². The minimum Gasteiger partial charge on any atom is -0.499 e. The Bertz CT molecular complexity index is 590. The van der Waals surface area contributed by atoms with Gasteiger partial charge in [-0.15, -0.1) is 5.06 Å². The Labute approximate surface area is 137 Å². The Balaban J connectivity index is 2.13. The zero-order valence-corrected chi connectivity index (χ0v) is 14.0. The van der Waals surface area contributed by atoms with Crippen LogP contribution in [0.5, 0.6) is 5.75 Å². The maximum Gasteiger partial charge on any atom is 0.353 e. The van der Waals surface area contributed by atoms with Gasteiger partial charge < -0.3 is 14.3 Å². The van der Waals surface area contributed by atoms with E-state index in [9.17, 15) is 4.79 Å². The van der Waals surface area contributed by atoms with Crippen molar-refractivity contribution in [2.45, 2.75) is 19.9 Å². The quantitative estimate of drug-likeness (QED) is 0.807. The highest BCUT2D eigenvalue weighted by Crippen LogP contribution is 2.20. The third-order valence-electron chi connectivity index (χ3n) is 3.68. The molecule has 1 aliphatic heterocycles. The molecule has 0 bridgehead atoms. The number of nitrogens with zero attached hydrogens (tertiary/aromatic N) is 1. The molecule has 0 N–H and O–H groups in total. The molecule has 1 atom stereocenters. The standard InChI is InChI=1S/C18H23NO4/c1-13(2)17(19-12-16(22-4)11-18(20)23-19)10-7-14-5-8-15(21-3)9-6-14/h5-11,13,17H,12H2,1-4H3/b10-7+. The molecule has 0 spiro atoms. The summed E-state index contributed by atoms with van der Waals surface area (Å²) in [7, 11) is 3.20. The first kappa shape index (κ1) is 17.1. The van der Waals surface area contributed by atoms with E-state index >= 15 is 0 Å². The molecule has 0 saturated heterocycles. The lowest BCUT2D eigenvalue weighted by Gasteiger charge is -2.32. The van der Waals surface area contributed by atoms with Crippen LogP contribution in [-0.2, 0) is 14.4 Å². The maximum atomic E-state index is 11.7. The molecule has 0 aromatic heterocycles. The molecule has 1 aromatic carbocycles. The lowest BCUT2D eigenvalue weighted by molar-refractivity contribution is -0.199. The van der Waals surface area contributed by atoms with Gasteiger partial charge in [0.2, 0.25) is 0 Å². The van der Waals surface area contributed by atoms with Crippen molar-refractivity contribution in [2.24, 2.45) is 5.92 Å². The zero-order chi connectivity index (χ0) is 16.8. The van der Waals surface area contributed by atoms with Crippen LogP contribution in [0.2, 0.25) is 0 Å². The molecule has 1 aromatic rings. The van der Waals surface area contributed by atoms with E-state index in [0.29, 0.717) is 12.3 Å². The molecule has 0 fully saturated rings. The van der Waals surface area contributed by atoms with Crippen LogP contribution in [0.3, 0.4) is 0 Å². The number of hydroxylamine groups is 2. The summed E-state index contributed by atoms with van der Waals surface area (Å²) in [6.45, 7) is 4.61. The minimum absolute atomic E-state index is 0.0418. The molecular formula is C18H23NO4. The molecule has 1 aliphatic rings. The van der Waals surface area contributed by atoms with E-state index in [0.717, 1.165) is 11.3 Å². The molecule has 0 radical (unpaired) electrons. The highest BCUT2D eigenvalue weighted by molar-refractivity contribution is 5.83. The summed E-state index contributed by atoms with van der Waals surface area (Å²) in [6, 6.07) is 7.75. The smallest absolute Gasteiger partial charge is 0.353 e. The maximum absolute atomic E-state index is 11.7. The van der Waals surface area contributed by atoms with Crippen LogP contribution in [0.15, 0.2) is 42.2 Å². The summed E-state index contributed by atoms with van der Waals surface area (Å²) >= 11 is 0. The number of rotatable bonds is 6. The fraction of sp³-hybridized carbons (Fsp3) is 0.389. The van der Waals surface area contributed by atoms with E-state index in [4.69, 9.17) is 14.3 Å². The van der Waals surface area contributed by atoms with Crippen molar-refractivity contribution in [1.29, 1.82) is 0 Å². The van der Waals surface area contributed by atoms with E-state index in [-0.39, 0.29) is 12.0 Å². The van der Waals surface area contributed by atoms with E-state index in [1.165, 1.54) is 6.08 Å². The largest absolute Gasteiger partial charge is 0.499 e. The fourth-order valence-electron chi connectivity index (χ4n) is 2.37. The zero-order valence-electron chi connectivity index (χ0n) is 14.0. The molecule has 2 rings (SSSR count). The summed E-state index contributed by atoms with van der Waals surface area (Å²) in [4.78, 5) is 17.0. The number of ether oxygens (including phenoxy) is 2. The van der Waals surface area contributed by atoms with E-state index in [1.807, 2.05) is 36.4 Å². The van der Waals surface area contributed by atoms with Gasteiger partial charge in [-0.05, 0) is 23.6 Å². The molecule has 1 heterocycles. The predicted octanol–water partition coefficient (Wildman–Crippen LogP) is 3.04. The second-order valence-corrected chi connectivity index (χ2v) is 5.67. The van der Waals surface area contributed by atoms with Crippen molar-refractivity contribution >= 4 is 12.0 Å². The minimum atomic E-state index is -0.406. The number of methoxy groups -OCH3 is 2. The summed E-state index contributed by atoms with van der Waals surface area (Å²) < 4.78 is 10.3. The first-order chi connectivity index (χ1) is 11.0. The van der Waals surface area contributed by atoms with Gasteiger partial charge in [-0.2, -0.15) is 0 Å². The van der Waals surface area contributed by atoms with Crippen molar-refractivity contribution < 1.29 is 19.1 Å².